The molecule has 0 aliphatic rings. The highest BCUT2D eigenvalue weighted by Crippen LogP contribution is 2.26. The lowest BCUT2D eigenvalue weighted by atomic mass is 10.0. The van der Waals surface area contributed by atoms with Gasteiger partial charge in [0.2, 0.25) is 0 Å². The Balaban J connectivity index is 2.63. The van der Waals surface area contributed by atoms with E-state index in [0.717, 1.165) is 12.0 Å². The molecule has 0 aromatic heterocycles. The number of rotatable bonds is 6. The van der Waals surface area contributed by atoms with Gasteiger partial charge in [-0.25, -0.2) is 4.79 Å². The minimum absolute atomic E-state index is 0.0240. The minimum Gasteiger partial charge on any atom is -0.508 e. The molecule has 1 unspecified atom stereocenters. The number of benzene rings is 1. The zero-order valence-electron chi connectivity index (χ0n) is 15.1. The molecule has 130 valence electrons. The van der Waals surface area contributed by atoms with E-state index in [4.69, 9.17) is 4.74 Å². The standard InChI is InChI=1S/C18H30N2O3/c1-7-14(13-10-8-9-11-15(13)21)19-12-18(5,6)20-16(22)23-17(2,3)4/h8-11,14,19,21H,7,12H2,1-6H3,(H,20,22). The van der Waals surface area contributed by atoms with Gasteiger partial charge in [-0.05, 0) is 47.1 Å². The van der Waals surface area contributed by atoms with Crippen LogP contribution in [0.15, 0.2) is 24.3 Å². The van der Waals surface area contributed by atoms with Crippen LogP contribution in [0.1, 0.15) is 59.6 Å². The molecule has 0 heterocycles. The fourth-order valence-corrected chi connectivity index (χ4v) is 2.26. The van der Waals surface area contributed by atoms with E-state index in [1.807, 2.05) is 46.8 Å². The predicted molar refractivity (Wildman–Crippen MR) is 92.6 cm³/mol. The number of nitrogens with one attached hydrogen (secondary N) is 2. The molecule has 0 bridgehead atoms. The number of aromatic hydroxyl groups is 1. The zero-order chi connectivity index (χ0) is 17.7. The number of carbonyl (C=O) groups excluding carboxylic acids is 1. The Kier molecular flexibility index (Phi) is 6.45. The first-order chi connectivity index (χ1) is 10.5. The molecule has 0 aliphatic heterocycles. The Labute approximate surface area is 139 Å². The number of para-hydroxylation sites is 1. The van der Waals surface area contributed by atoms with E-state index in [0.29, 0.717) is 6.54 Å². The second-order valence-corrected chi connectivity index (χ2v) is 7.41. The van der Waals surface area contributed by atoms with E-state index in [1.54, 1.807) is 12.1 Å². The SMILES string of the molecule is CCC(NCC(C)(C)NC(=O)OC(C)(C)C)c1ccccc1O. The van der Waals surface area contributed by atoms with Crippen LogP contribution in [0, 0.1) is 0 Å². The summed E-state index contributed by atoms with van der Waals surface area (Å²) >= 11 is 0. The summed E-state index contributed by atoms with van der Waals surface area (Å²) in [7, 11) is 0. The Morgan fingerprint density at radius 3 is 2.35 bits per heavy atom. The largest absolute Gasteiger partial charge is 0.508 e. The summed E-state index contributed by atoms with van der Waals surface area (Å²) in [6.07, 6.45) is 0.403. The number of hydrogen-bond donors (Lipinski definition) is 3. The summed E-state index contributed by atoms with van der Waals surface area (Å²) in [5.41, 5.74) is -0.127. The van der Waals surface area contributed by atoms with Crippen LogP contribution in [0.2, 0.25) is 0 Å². The van der Waals surface area contributed by atoms with Crippen LogP contribution in [-0.2, 0) is 4.74 Å². The van der Waals surface area contributed by atoms with Crippen LogP contribution in [0.25, 0.3) is 0 Å². The summed E-state index contributed by atoms with van der Waals surface area (Å²) in [5, 5.41) is 16.3. The van der Waals surface area contributed by atoms with Gasteiger partial charge >= 0.3 is 6.09 Å². The molecular formula is C18H30N2O3. The van der Waals surface area contributed by atoms with Crippen LogP contribution in [0.4, 0.5) is 4.79 Å². The van der Waals surface area contributed by atoms with Crippen LogP contribution in [0.5, 0.6) is 5.75 Å². The maximum atomic E-state index is 11.9. The van der Waals surface area contributed by atoms with Crippen molar-refractivity contribution in [2.75, 3.05) is 6.54 Å². The highest BCUT2D eigenvalue weighted by atomic mass is 16.6. The molecule has 1 rings (SSSR count). The Morgan fingerprint density at radius 2 is 1.83 bits per heavy atom. The second-order valence-electron chi connectivity index (χ2n) is 7.41. The normalized spacial score (nSPS) is 13.5. The van der Waals surface area contributed by atoms with Crippen molar-refractivity contribution in [3.63, 3.8) is 0 Å². The third-order valence-electron chi connectivity index (χ3n) is 3.35. The Morgan fingerprint density at radius 1 is 1.22 bits per heavy atom. The summed E-state index contributed by atoms with van der Waals surface area (Å²) in [4.78, 5) is 11.9. The molecule has 3 N–H and O–H groups in total. The molecule has 0 saturated heterocycles. The van der Waals surface area contributed by atoms with Gasteiger partial charge in [0.25, 0.3) is 0 Å². The number of ether oxygens (including phenoxy) is 1. The summed E-state index contributed by atoms with van der Waals surface area (Å²) in [6.45, 7) is 12.0. The average Bonchev–Trinajstić information content (AvgIpc) is 2.38. The molecule has 0 fully saturated rings. The number of phenolic OH excluding ortho intramolecular Hbond substituents is 1. The molecule has 5 heteroatoms. The first-order valence-electron chi connectivity index (χ1n) is 8.06. The maximum Gasteiger partial charge on any atom is 0.408 e. The van der Waals surface area contributed by atoms with Crippen molar-refractivity contribution in [3.05, 3.63) is 29.8 Å². The topological polar surface area (TPSA) is 70.6 Å². The third kappa shape index (κ3) is 6.91. The van der Waals surface area contributed by atoms with Gasteiger partial charge in [-0.1, -0.05) is 25.1 Å². The van der Waals surface area contributed by atoms with Gasteiger partial charge < -0.3 is 20.5 Å². The maximum absolute atomic E-state index is 11.9. The van der Waals surface area contributed by atoms with Gasteiger partial charge in [-0.3, -0.25) is 0 Å². The van der Waals surface area contributed by atoms with Crippen molar-refractivity contribution >= 4 is 6.09 Å². The van der Waals surface area contributed by atoms with Crippen LogP contribution < -0.4 is 10.6 Å². The lowest BCUT2D eigenvalue weighted by Gasteiger charge is -2.31. The van der Waals surface area contributed by atoms with Gasteiger partial charge in [-0.15, -0.1) is 0 Å². The third-order valence-corrected chi connectivity index (χ3v) is 3.35. The van der Waals surface area contributed by atoms with E-state index in [-0.39, 0.29) is 11.8 Å². The first-order valence-corrected chi connectivity index (χ1v) is 8.06. The zero-order valence-corrected chi connectivity index (χ0v) is 15.1. The van der Waals surface area contributed by atoms with E-state index in [1.165, 1.54) is 0 Å². The summed E-state index contributed by atoms with van der Waals surface area (Å²) in [5.74, 6) is 0.282. The smallest absolute Gasteiger partial charge is 0.408 e. The second kappa shape index (κ2) is 7.68. The average molecular weight is 322 g/mol. The highest BCUT2D eigenvalue weighted by molar-refractivity contribution is 5.68. The molecule has 1 atom stereocenters. The van der Waals surface area contributed by atoms with E-state index >= 15 is 0 Å². The molecule has 0 aliphatic carbocycles. The van der Waals surface area contributed by atoms with Crippen molar-refractivity contribution in [2.45, 2.75) is 65.1 Å². The van der Waals surface area contributed by atoms with E-state index < -0.39 is 17.2 Å². The summed E-state index contributed by atoms with van der Waals surface area (Å²) < 4.78 is 5.29. The number of carbonyl (C=O) groups is 1. The van der Waals surface area contributed by atoms with Gasteiger partial charge in [0.15, 0.2) is 0 Å². The van der Waals surface area contributed by atoms with Crippen molar-refractivity contribution in [1.29, 1.82) is 0 Å². The minimum atomic E-state index is -0.518. The van der Waals surface area contributed by atoms with Gasteiger partial charge in [0.1, 0.15) is 11.4 Å². The number of hydrogen-bond acceptors (Lipinski definition) is 4. The van der Waals surface area contributed by atoms with Gasteiger partial charge in [-0.2, -0.15) is 0 Å². The Bertz CT molecular complexity index is 521. The first kappa shape index (κ1) is 19.3. The molecule has 0 saturated carbocycles. The lowest BCUT2D eigenvalue weighted by Crippen LogP contribution is -2.52. The molecule has 1 amide bonds. The fraction of sp³-hybridized carbons (Fsp3) is 0.611. The fourth-order valence-electron chi connectivity index (χ4n) is 2.26. The van der Waals surface area contributed by atoms with Crippen LogP contribution >= 0.6 is 0 Å². The van der Waals surface area contributed by atoms with Crippen molar-refractivity contribution < 1.29 is 14.6 Å². The van der Waals surface area contributed by atoms with Crippen LogP contribution in [0.3, 0.4) is 0 Å². The number of amides is 1. The number of phenols is 1. The molecule has 1 aromatic rings. The molecule has 0 radical (unpaired) electrons. The molecule has 23 heavy (non-hydrogen) atoms. The molecular weight excluding hydrogens is 292 g/mol. The molecule has 0 spiro atoms. The quantitative estimate of drug-likeness (QED) is 0.746. The lowest BCUT2D eigenvalue weighted by molar-refractivity contribution is 0.0470. The molecule has 1 aromatic carbocycles. The van der Waals surface area contributed by atoms with Crippen molar-refractivity contribution in [3.8, 4) is 5.75 Å². The van der Waals surface area contributed by atoms with E-state index in [2.05, 4.69) is 17.6 Å². The highest BCUT2D eigenvalue weighted by Gasteiger charge is 2.25. The van der Waals surface area contributed by atoms with Gasteiger partial charge in [0.05, 0.1) is 5.54 Å². The Hall–Kier alpha value is -1.75. The van der Waals surface area contributed by atoms with Crippen LogP contribution in [-0.4, -0.2) is 28.9 Å². The molecule has 5 nitrogen and oxygen atoms in total. The van der Waals surface area contributed by atoms with Gasteiger partial charge in [0, 0.05) is 18.2 Å². The monoisotopic (exact) mass is 322 g/mol. The van der Waals surface area contributed by atoms with Crippen molar-refractivity contribution in [2.24, 2.45) is 0 Å². The number of alkyl carbamates (subject to hydrolysis) is 1. The van der Waals surface area contributed by atoms with E-state index in [9.17, 15) is 9.90 Å². The summed E-state index contributed by atoms with van der Waals surface area (Å²) in [6, 6.07) is 7.33. The van der Waals surface area contributed by atoms with Crippen molar-refractivity contribution in [1.82, 2.24) is 10.6 Å². The predicted octanol–water partition coefficient (Wildman–Crippen LogP) is 3.74.